The Morgan fingerprint density at radius 1 is 1.69 bits per heavy atom. The largest absolute Gasteiger partial charge is 0.392 e. The van der Waals surface area contributed by atoms with E-state index in [1.54, 1.807) is 0 Å². The van der Waals surface area contributed by atoms with Crippen molar-refractivity contribution in [1.82, 2.24) is 9.62 Å². The van der Waals surface area contributed by atoms with Crippen LogP contribution in [0.3, 0.4) is 0 Å². The van der Waals surface area contributed by atoms with Crippen LogP contribution in [-0.2, 0) is 10.0 Å². The van der Waals surface area contributed by atoms with Crippen LogP contribution in [0.5, 0.6) is 0 Å². The van der Waals surface area contributed by atoms with Crippen LogP contribution in [0.25, 0.3) is 0 Å². The summed E-state index contributed by atoms with van der Waals surface area (Å²) in [4.78, 5) is 2.17. The van der Waals surface area contributed by atoms with Crippen LogP contribution in [0.15, 0.2) is 0 Å². The summed E-state index contributed by atoms with van der Waals surface area (Å²) in [5.41, 5.74) is 5.33. The molecular formula is C9H19N3O2S2. The first kappa shape index (κ1) is 13.8. The third-order valence-electron chi connectivity index (χ3n) is 3.06. The molecule has 0 aromatic carbocycles. The number of thiocarbonyl (C=S) groups is 1. The second kappa shape index (κ2) is 5.39. The van der Waals surface area contributed by atoms with E-state index in [-0.39, 0.29) is 11.0 Å². The fourth-order valence-electron chi connectivity index (χ4n) is 1.73. The van der Waals surface area contributed by atoms with Crippen molar-refractivity contribution in [3.63, 3.8) is 0 Å². The minimum absolute atomic E-state index is 0.00674. The first-order chi connectivity index (χ1) is 7.34. The Balaban J connectivity index is 2.51. The molecule has 16 heavy (non-hydrogen) atoms. The van der Waals surface area contributed by atoms with Crippen molar-refractivity contribution in [2.75, 3.05) is 20.1 Å². The fraction of sp³-hybridized carbons (Fsp3) is 0.889. The van der Waals surface area contributed by atoms with Crippen molar-refractivity contribution in [2.24, 2.45) is 5.73 Å². The van der Waals surface area contributed by atoms with Crippen molar-refractivity contribution in [3.05, 3.63) is 0 Å². The highest BCUT2D eigenvalue weighted by atomic mass is 32.2. The molecule has 0 saturated carbocycles. The third-order valence-corrected chi connectivity index (χ3v) is 5.31. The van der Waals surface area contributed by atoms with Crippen molar-refractivity contribution in [2.45, 2.75) is 31.1 Å². The molecule has 2 unspecified atom stereocenters. The molecule has 5 nitrogen and oxygen atoms in total. The molecule has 0 amide bonds. The number of likely N-dealkylation sites (tertiary alicyclic amines) is 1. The van der Waals surface area contributed by atoms with Gasteiger partial charge in [-0.2, -0.15) is 0 Å². The Labute approximate surface area is 102 Å². The van der Waals surface area contributed by atoms with Crippen LogP contribution in [-0.4, -0.2) is 49.7 Å². The van der Waals surface area contributed by atoms with Crippen LogP contribution >= 0.6 is 12.2 Å². The minimum Gasteiger partial charge on any atom is -0.392 e. The van der Waals surface area contributed by atoms with E-state index < -0.39 is 15.3 Å². The Morgan fingerprint density at radius 3 is 2.75 bits per heavy atom. The summed E-state index contributed by atoms with van der Waals surface area (Å²) in [6, 6.07) is 0.285. The summed E-state index contributed by atoms with van der Waals surface area (Å²) in [5, 5.41) is -0.811. The van der Waals surface area contributed by atoms with Crippen molar-refractivity contribution >= 4 is 27.2 Å². The predicted molar refractivity (Wildman–Crippen MR) is 68.8 cm³/mol. The van der Waals surface area contributed by atoms with E-state index in [1.165, 1.54) is 6.92 Å². The van der Waals surface area contributed by atoms with Gasteiger partial charge < -0.3 is 10.6 Å². The monoisotopic (exact) mass is 265 g/mol. The summed E-state index contributed by atoms with van der Waals surface area (Å²) < 4.78 is 26.1. The van der Waals surface area contributed by atoms with Crippen LogP contribution in [0.1, 0.15) is 19.8 Å². The maximum atomic E-state index is 11.7. The van der Waals surface area contributed by atoms with Gasteiger partial charge in [-0.25, -0.2) is 13.1 Å². The van der Waals surface area contributed by atoms with E-state index in [9.17, 15) is 8.42 Å². The van der Waals surface area contributed by atoms with E-state index in [0.29, 0.717) is 6.54 Å². The average molecular weight is 265 g/mol. The number of hydrogen-bond acceptors (Lipinski definition) is 4. The molecule has 1 rings (SSSR count). The van der Waals surface area contributed by atoms with E-state index in [0.717, 1.165) is 19.4 Å². The standard InChI is InChI=1S/C9H19N3O2S2/c1-7(9(10)15)16(13,14)11-6-8-4-3-5-12(8)2/h7-8,11H,3-6H2,1-2H3,(H2,10,15). The first-order valence-corrected chi connectivity index (χ1v) is 7.28. The Bertz CT molecular complexity index is 356. The smallest absolute Gasteiger partial charge is 0.220 e. The van der Waals surface area contributed by atoms with Gasteiger partial charge in [0.25, 0.3) is 0 Å². The zero-order chi connectivity index (χ0) is 12.3. The van der Waals surface area contributed by atoms with Crippen LogP contribution in [0.2, 0.25) is 0 Å². The molecule has 2 atom stereocenters. The number of nitrogens with zero attached hydrogens (tertiary/aromatic N) is 1. The Hall–Kier alpha value is -0.240. The molecule has 0 aromatic heterocycles. The molecule has 1 aliphatic heterocycles. The molecule has 0 aliphatic carbocycles. The van der Waals surface area contributed by atoms with Gasteiger partial charge in [0.15, 0.2) is 0 Å². The number of nitrogens with two attached hydrogens (primary N) is 1. The second-order valence-corrected chi connectivity index (χ2v) is 6.77. The van der Waals surface area contributed by atoms with Gasteiger partial charge in [-0.1, -0.05) is 12.2 Å². The molecule has 0 bridgehead atoms. The Kier molecular flexibility index (Phi) is 4.66. The summed E-state index contributed by atoms with van der Waals surface area (Å²) in [7, 11) is -1.41. The molecule has 3 N–H and O–H groups in total. The van der Waals surface area contributed by atoms with Crippen LogP contribution in [0.4, 0.5) is 0 Å². The number of nitrogens with one attached hydrogen (secondary N) is 1. The molecule has 0 radical (unpaired) electrons. The fourth-order valence-corrected chi connectivity index (χ4v) is 3.09. The minimum atomic E-state index is -3.41. The lowest BCUT2D eigenvalue weighted by Crippen LogP contribution is -2.44. The van der Waals surface area contributed by atoms with Crippen LogP contribution in [0, 0.1) is 0 Å². The molecule has 1 aliphatic rings. The van der Waals surface area contributed by atoms with Gasteiger partial charge in [0.1, 0.15) is 5.25 Å². The predicted octanol–water partition coefficient (Wildman–Crippen LogP) is -0.325. The highest BCUT2D eigenvalue weighted by Gasteiger charge is 2.26. The average Bonchev–Trinajstić information content (AvgIpc) is 2.60. The van der Waals surface area contributed by atoms with Crippen molar-refractivity contribution in [1.29, 1.82) is 0 Å². The van der Waals surface area contributed by atoms with Gasteiger partial charge in [-0.05, 0) is 33.4 Å². The number of sulfonamides is 1. The molecule has 7 heteroatoms. The van der Waals surface area contributed by atoms with E-state index >= 15 is 0 Å². The lowest BCUT2D eigenvalue weighted by atomic mass is 10.2. The maximum absolute atomic E-state index is 11.7. The van der Waals surface area contributed by atoms with E-state index in [2.05, 4.69) is 21.8 Å². The normalized spacial score (nSPS) is 24.5. The van der Waals surface area contributed by atoms with E-state index in [1.807, 2.05) is 7.05 Å². The van der Waals surface area contributed by atoms with Crippen molar-refractivity contribution in [3.8, 4) is 0 Å². The molecule has 1 fully saturated rings. The zero-order valence-corrected chi connectivity index (χ0v) is 11.3. The second-order valence-electron chi connectivity index (χ2n) is 4.21. The highest BCUT2D eigenvalue weighted by molar-refractivity contribution is 7.93. The van der Waals surface area contributed by atoms with Gasteiger partial charge in [0.05, 0.1) is 4.99 Å². The van der Waals surface area contributed by atoms with Gasteiger partial charge in [0, 0.05) is 12.6 Å². The van der Waals surface area contributed by atoms with Crippen LogP contribution < -0.4 is 10.5 Å². The maximum Gasteiger partial charge on any atom is 0.220 e. The number of likely N-dealkylation sites (N-methyl/N-ethyl adjacent to an activating group) is 1. The van der Waals surface area contributed by atoms with Gasteiger partial charge in [-0.3, -0.25) is 0 Å². The number of hydrogen-bond donors (Lipinski definition) is 2. The topological polar surface area (TPSA) is 75.4 Å². The Morgan fingerprint density at radius 2 is 2.31 bits per heavy atom. The molecule has 0 spiro atoms. The summed E-state index contributed by atoms with van der Waals surface area (Å²) in [5.74, 6) is 0. The zero-order valence-electron chi connectivity index (χ0n) is 9.64. The quantitative estimate of drug-likeness (QED) is 0.666. The molecule has 1 heterocycles. The van der Waals surface area contributed by atoms with Crippen molar-refractivity contribution < 1.29 is 8.42 Å². The van der Waals surface area contributed by atoms with Gasteiger partial charge in [-0.15, -0.1) is 0 Å². The molecule has 1 saturated heterocycles. The highest BCUT2D eigenvalue weighted by Crippen LogP contribution is 2.14. The third kappa shape index (κ3) is 3.38. The SMILES string of the molecule is CC(C(N)=S)S(=O)(=O)NCC1CCCN1C. The van der Waals surface area contributed by atoms with Gasteiger partial charge >= 0.3 is 0 Å². The molecule has 0 aromatic rings. The summed E-state index contributed by atoms with van der Waals surface area (Å²) in [6.45, 7) is 2.96. The lowest BCUT2D eigenvalue weighted by molar-refractivity contribution is 0.310. The molecule has 94 valence electrons. The summed E-state index contributed by atoms with van der Waals surface area (Å²) in [6.07, 6.45) is 2.15. The first-order valence-electron chi connectivity index (χ1n) is 5.32. The summed E-state index contributed by atoms with van der Waals surface area (Å²) >= 11 is 4.69. The number of rotatable bonds is 5. The van der Waals surface area contributed by atoms with Gasteiger partial charge in [0.2, 0.25) is 10.0 Å². The lowest BCUT2D eigenvalue weighted by Gasteiger charge is -2.21. The van der Waals surface area contributed by atoms with E-state index in [4.69, 9.17) is 5.73 Å². The molecular weight excluding hydrogens is 246 g/mol.